The molecule has 1 saturated carbocycles. The second-order valence-electron chi connectivity index (χ2n) is 6.58. The SMILES string of the molecule is CCC(C)[C](Cc1ccncc1)c1ccccc1C1CCC1. The fraction of sp³-hybridized carbons (Fsp3) is 0.429. The summed E-state index contributed by atoms with van der Waals surface area (Å²) in [7, 11) is 0. The van der Waals surface area contributed by atoms with Crippen molar-refractivity contribution in [3.63, 3.8) is 0 Å². The Balaban J connectivity index is 1.92. The summed E-state index contributed by atoms with van der Waals surface area (Å²) in [5, 5.41) is 0. The van der Waals surface area contributed by atoms with Gasteiger partial charge in [0.2, 0.25) is 0 Å². The Kier molecular flexibility index (Phi) is 4.92. The van der Waals surface area contributed by atoms with Crippen molar-refractivity contribution in [2.24, 2.45) is 5.92 Å². The van der Waals surface area contributed by atoms with E-state index in [0.717, 1.165) is 12.3 Å². The summed E-state index contributed by atoms with van der Waals surface area (Å²) in [5.74, 6) is 3.00. The molecule has 1 aromatic carbocycles. The summed E-state index contributed by atoms with van der Waals surface area (Å²) in [6.45, 7) is 4.66. The van der Waals surface area contributed by atoms with Gasteiger partial charge in [0, 0.05) is 18.3 Å². The van der Waals surface area contributed by atoms with Crippen molar-refractivity contribution in [1.29, 1.82) is 0 Å². The molecule has 0 N–H and O–H groups in total. The highest BCUT2D eigenvalue weighted by atomic mass is 14.6. The molecule has 0 aliphatic heterocycles. The fourth-order valence-electron chi connectivity index (χ4n) is 3.37. The van der Waals surface area contributed by atoms with Crippen molar-refractivity contribution in [3.8, 4) is 0 Å². The summed E-state index contributed by atoms with van der Waals surface area (Å²) in [6.07, 6.45) is 10.2. The summed E-state index contributed by atoms with van der Waals surface area (Å²) < 4.78 is 0. The lowest BCUT2D eigenvalue weighted by Gasteiger charge is -2.32. The Bertz CT molecular complexity index is 586. The number of hydrogen-bond donors (Lipinski definition) is 0. The Labute approximate surface area is 134 Å². The van der Waals surface area contributed by atoms with Crippen LogP contribution in [0.15, 0.2) is 48.8 Å². The van der Waals surface area contributed by atoms with E-state index in [1.54, 1.807) is 11.5 Å². The first kappa shape index (κ1) is 15.3. The van der Waals surface area contributed by atoms with Gasteiger partial charge in [0.1, 0.15) is 0 Å². The van der Waals surface area contributed by atoms with E-state index in [-0.39, 0.29) is 0 Å². The lowest BCUT2D eigenvalue weighted by molar-refractivity contribution is 0.416. The van der Waals surface area contributed by atoms with E-state index in [9.17, 15) is 0 Å². The van der Waals surface area contributed by atoms with E-state index >= 15 is 0 Å². The lowest BCUT2D eigenvalue weighted by Crippen LogP contribution is -2.19. The predicted octanol–water partition coefficient (Wildman–Crippen LogP) is 5.56. The Morgan fingerprint density at radius 1 is 1.14 bits per heavy atom. The molecule has 1 aliphatic rings. The maximum absolute atomic E-state index is 4.15. The molecule has 1 heteroatoms. The van der Waals surface area contributed by atoms with Crippen molar-refractivity contribution in [1.82, 2.24) is 4.98 Å². The first-order valence-electron chi connectivity index (χ1n) is 8.63. The van der Waals surface area contributed by atoms with Crippen LogP contribution in [-0.4, -0.2) is 4.98 Å². The minimum Gasteiger partial charge on any atom is -0.265 e. The highest BCUT2D eigenvalue weighted by molar-refractivity contribution is 5.44. The average Bonchev–Trinajstić information content (AvgIpc) is 2.52. The second-order valence-corrected chi connectivity index (χ2v) is 6.58. The molecule has 0 spiro atoms. The van der Waals surface area contributed by atoms with Crippen molar-refractivity contribution >= 4 is 0 Å². The number of pyridine rings is 1. The van der Waals surface area contributed by atoms with E-state index in [2.05, 4.69) is 55.2 Å². The van der Waals surface area contributed by atoms with Crippen molar-refractivity contribution < 1.29 is 0 Å². The van der Waals surface area contributed by atoms with Crippen molar-refractivity contribution in [2.45, 2.75) is 51.9 Å². The molecule has 115 valence electrons. The van der Waals surface area contributed by atoms with Crippen LogP contribution in [0.4, 0.5) is 0 Å². The van der Waals surface area contributed by atoms with Gasteiger partial charge in [0.05, 0.1) is 0 Å². The van der Waals surface area contributed by atoms with Crippen LogP contribution in [0.25, 0.3) is 0 Å². The third-order valence-corrected chi connectivity index (χ3v) is 5.20. The van der Waals surface area contributed by atoms with Gasteiger partial charge in [-0.25, -0.2) is 0 Å². The van der Waals surface area contributed by atoms with E-state index in [1.807, 2.05) is 12.4 Å². The van der Waals surface area contributed by atoms with Gasteiger partial charge in [0.15, 0.2) is 0 Å². The molecule has 22 heavy (non-hydrogen) atoms. The first-order valence-corrected chi connectivity index (χ1v) is 8.63. The number of hydrogen-bond acceptors (Lipinski definition) is 1. The van der Waals surface area contributed by atoms with Crippen LogP contribution in [-0.2, 0) is 6.42 Å². The Morgan fingerprint density at radius 3 is 2.50 bits per heavy atom. The van der Waals surface area contributed by atoms with Crippen LogP contribution in [0.2, 0.25) is 0 Å². The van der Waals surface area contributed by atoms with Gasteiger partial charge in [-0.3, -0.25) is 4.98 Å². The quantitative estimate of drug-likeness (QED) is 0.679. The third kappa shape index (κ3) is 3.24. The summed E-state index contributed by atoms with van der Waals surface area (Å²) in [4.78, 5) is 4.15. The van der Waals surface area contributed by atoms with Crippen LogP contribution in [0, 0.1) is 11.8 Å². The molecule has 1 fully saturated rings. The molecule has 1 aromatic heterocycles. The molecule has 1 radical (unpaired) electrons. The molecule has 1 aliphatic carbocycles. The van der Waals surface area contributed by atoms with Gasteiger partial charge >= 0.3 is 0 Å². The molecule has 1 unspecified atom stereocenters. The van der Waals surface area contributed by atoms with E-state index in [0.29, 0.717) is 5.92 Å². The predicted molar refractivity (Wildman–Crippen MR) is 92.8 cm³/mol. The van der Waals surface area contributed by atoms with Crippen LogP contribution in [0.5, 0.6) is 0 Å². The number of rotatable bonds is 6. The van der Waals surface area contributed by atoms with Crippen molar-refractivity contribution in [3.05, 3.63) is 71.4 Å². The zero-order chi connectivity index (χ0) is 15.4. The van der Waals surface area contributed by atoms with E-state index in [4.69, 9.17) is 0 Å². The molecule has 0 amide bonds. The van der Waals surface area contributed by atoms with Gasteiger partial charge in [-0.2, -0.15) is 0 Å². The van der Waals surface area contributed by atoms with Gasteiger partial charge in [-0.1, -0.05) is 51.0 Å². The van der Waals surface area contributed by atoms with E-state index in [1.165, 1.54) is 36.8 Å². The highest BCUT2D eigenvalue weighted by Gasteiger charge is 2.27. The lowest BCUT2D eigenvalue weighted by atomic mass is 9.72. The smallest absolute Gasteiger partial charge is 0.0270 e. The minimum atomic E-state index is 0.620. The molecule has 3 rings (SSSR count). The molecule has 2 aromatic rings. The number of benzene rings is 1. The molecular formula is C21H26N. The number of nitrogens with zero attached hydrogens (tertiary/aromatic N) is 1. The normalized spacial score (nSPS) is 16.5. The molecule has 0 saturated heterocycles. The third-order valence-electron chi connectivity index (χ3n) is 5.20. The summed E-state index contributed by atoms with van der Waals surface area (Å²) in [6, 6.07) is 13.4. The molecular weight excluding hydrogens is 266 g/mol. The summed E-state index contributed by atoms with van der Waals surface area (Å²) in [5.41, 5.74) is 4.46. The molecule has 1 atom stereocenters. The van der Waals surface area contributed by atoms with Gasteiger partial charge in [0.25, 0.3) is 0 Å². The van der Waals surface area contributed by atoms with Gasteiger partial charge in [-0.05, 0) is 59.9 Å². The minimum absolute atomic E-state index is 0.620. The van der Waals surface area contributed by atoms with Crippen LogP contribution >= 0.6 is 0 Å². The van der Waals surface area contributed by atoms with Gasteiger partial charge < -0.3 is 0 Å². The Morgan fingerprint density at radius 2 is 1.86 bits per heavy atom. The maximum atomic E-state index is 4.15. The topological polar surface area (TPSA) is 12.9 Å². The standard InChI is InChI=1S/C21H26N/c1-3-16(2)21(15-17-11-13-22-14-12-17)20-10-5-4-9-19(20)18-7-6-8-18/h4-5,9-14,16,18H,3,6-8,15H2,1-2H3. The first-order chi connectivity index (χ1) is 10.8. The number of aromatic nitrogens is 1. The van der Waals surface area contributed by atoms with E-state index < -0.39 is 0 Å². The second kappa shape index (κ2) is 7.09. The van der Waals surface area contributed by atoms with Crippen LogP contribution in [0.1, 0.15) is 62.1 Å². The maximum Gasteiger partial charge on any atom is 0.0270 e. The summed E-state index contributed by atoms with van der Waals surface area (Å²) >= 11 is 0. The molecule has 0 bridgehead atoms. The fourth-order valence-corrected chi connectivity index (χ4v) is 3.37. The zero-order valence-electron chi connectivity index (χ0n) is 13.8. The van der Waals surface area contributed by atoms with Crippen LogP contribution in [0.3, 0.4) is 0 Å². The largest absolute Gasteiger partial charge is 0.265 e. The molecule has 1 nitrogen and oxygen atoms in total. The highest BCUT2D eigenvalue weighted by Crippen LogP contribution is 2.42. The average molecular weight is 292 g/mol. The van der Waals surface area contributed by atoms with Crippen molar-refractivity contribution in [2.75, 3.05) is 0 Å². The zero-order valence-corrected chi connectivity index (χ0v) is 13.8. The Hall–Kier alpha value is -1.63. The molecule has 1 heterocycles. The van der Waals surface area contributed by atoms with Gasteiger partial charge in [-0.15, -0.1) is 0 Å². The monoisotopic (exact) mass is 292 g/mol. The van der Waals surface area contributed by atoms with Crippen LogP contribution < -0.4 is 0 Å².